The van der Waals surface area contributed by atoms with Gasteiger partial charge in [-0.2, -0.15) is 0 Å². The third-order valence-corrected chi connectivity index (χ3v) is 2.77. The number of aromatic nitrogens is 1. The summed E-state index contributed by atoms with van der Waals surface area (Å²) in [5, 5.41) is 0.688. The van der Waals surface area contributed by atoms with Gasteiger partial charge in [-0.1, -0.05) is 25.4 Å². The summed E-state index contributed by atoms with van der Waals surface area (Å²) in [6.45, 7) is 7.10. The molecule has 5 heteroatoms. The number of hydrogen-bond acceptors (Lipinski definition) is 4. The van der Waals surface area contributed by atoms with Crippen LogP contribution >= 0.6 is 11.6 Å². The second-order valence-electron chi connectivity index (χ2n) is 3.64. The molecule has 16 heavy (non-hydrogen) atoms. The summed E-state index contributed by atoms with van der Waals surface area (Å²) >= 11 is 6.10. The third kappa shape index (κ3) is 3.63. The minimum Gasteiger partial charge on any atom is -0.308 e. The summed E-state index contributed by atoms with van der Waals surface area (Å²) in [7, 11) is 0. The fourth-order valence-electron chi connectivity index (χ4n) is 1.55. The van der Waals surface area contributed by atoms with Crippen LogP contribution in [0.1, 0.15) is 26.0 Å². The first kappa shape index (κ1) is 13.2. The Hall–Kier alpha value is -0.840. The lowest BCUT2D eigenvalue weighted by molar-refractivity contribution is 0.277. The van der Waals surface area contributed by atoms with Gasteiger partial charge in [0.25, 0.3) is 0 Å². The highest BCUT2D eigenvalue weighted by atomic mass is 35.5. The molecule has 0 aliphatic heterocycles. The molecule has 0 bridgehead atoms. The second-order valence-corrected chi connectivity index (χ2v) is 4.05. The van der Waals surface area contributed by atoms with E-state index in [0.717, 1.165) is 31.7 Å². The predicted molar refractivity (Wildman–Crippen MR) is 68.3 cm³/mol. The van der Waals surface area contributed by atoms with E-state index in [0.29, 0.717) is 10.8 Å². The number of pyridine rings is 1. The van der Waals surface area contributed by atoms with Gasteiger partial charge in [0.1, 0.15) is 5.82 Å². The zero-order valence-corrected chi connectivity index (χ0v) is 10.6. The van der Waals surface area contributed by atoms with Crippen molar-refractivity contribution >= 4 is 17.4 Å². The number of hydrazine groups is 1. The van der Waals surface area contributed by atoms with Crippen molar-refractivity contribution in [3.63, 3.8) is 0 Å². The van der Waals surface area contributed by atoms with Gasteiger partial charge in [-0.15, -0.1) is 0 Å². The Bertz CT molecular complexity index is 330. The minimum atomic E-state index is 0.645. The Morgan fingerprint density at radius 2 is 2.19 bits per heavy atom. The SMILES string of the molecule is CCCN(CC)Cc1nc(NN)ccc1Cl. The Labute approximate surface area is 102 Å². The molecule has 0 amide bonds. The quantitative estimate of drug-likeness (QED) is 0.594. The van der Waals surface area contributed by atoms with Crippen LogP contribution in [0.4, 0.5) is 5.82 Å². The maximum Gasteiger partial charge on any atom is 0.140 e. The van der Waals surface area contributed by atoms with E-state index in [1.54, 1.807) is 6.07 Å². The molecule has 0 fully saturated rings. The van der Waals surface area contributed by atoms with Crippen molar-refractivity contribution < 1.29 is 0 Å². The van der Waals surface area contributed by atoms with Crippen LogP contribution < -0.4 is 11.3 Å². The van der Waals surface area contributed by atoms with Gasteiger partial charge >= 0.3 is 0 Å². The molecule has 3 N–H and O–H groups in total. The number of rotatable bonds is 6. The molecule has 0 aliphatic rings. The highest BCUT2D eigenvalue weighted by Gasteiger charge is 2.08. The molecular formula is C11H19ClN4. The number of anilines is 1. The lowest BCUT2D eigenvalue weighted by Crippen LogP contribution is -2.24. The van der Waals surface area contributed by atoms with Gasteiger partial charge in [0.2, 0.25) is 0 Å². The molecule has 0 radical (unpaired) electrons. The van der Waals surface area contributed by atoms with Crippen molar-refractivity contribution in [3.05, 3.63) is 22.8 Å². The van der Waals surface area contributed by atoms with Crippen molar-refractivity contribution in [3.8, 4) is 0 Å². The van der Waals surface area contributed by atoms with Crippen LogP contribution in [-0.2, 0) is 6.54 Å². The first-order chi connectivity index (χ1) is 7.71. The summed E-state index contributed by atoms with van der Waals surface area (Å²) in [4.78, 5) is 6.65. The average molecular weight is 243 g/mol. The molecule has 1 aromatic rings. The number of nitrogens with two attached hydrogens (primary N) is 1. The summed E-state index contributed by atoms with van der Waals surface area (Å²) in [6, 6.07) is 3.58. The minimum absolute atomic E-state index is 0.645. The number of nitrogens with zero attached hydrogens (tertiary/aromatic N) is 2. The summed E-state index contributed by atoms with van der Waals surface area (Å²) in [5.74, 6) is 5.97. The molecule has 1 heterocycles. The standard InChI is InChI=1S/C11H19ClN4/c1-3-7-16(4-2)8-10-9(12)5-6-11(14-10)15-13/h5-6H,3-4,7-8,13H2,1-2H3,(H,14,15). The molecule has 90 valence electrons. The molecule has 0 unspecified atom stereocenters. The molecule has 0 saturated heterocycles. The van der Waals surface area contributed by atoms with E-state index in [2.05, 4.69) is 29.2 Å². The van der Waals surface area contributed by atoms with Crippen LogP contribution in [0.2, 0.25) is 5.02 Å². The summed E-state index contributed by atoms with van der Waals surface area (Å²) in [5.41, 5.74) is 3.40. The first-order valence-electron chi connectivity index (χ1n) is 5.55. The average Bonchev–Trinajstić information content (AvgIpc) is 2.31. The van der Waals surface area contributed by atoms with Crippen LogP contribution in [0.3, 0.4) is 0 Å². The molecule has 4 nitrogen and oxygen atoms in total. The highest BCUT2D eigenvalue weighted by Crippen LogP contribution is 2.18. The maximum atomic E-state index is 6.10. The molecule has 1 aromatic heterocycles. The normalized spacial score (nSPS) is 10.8. The summed E-state index contributed by atoms with van der Waals surface area (Å²) < 4.78 is 0. The van der Waals surface area contributed by atoms with Gasteiger partial charge in [0.15, 0.2) is 0 Å². The number of nitrogen functional groups attached to an aromatic ring is 1. The zero-order chi connectivity index (χ0) is 12.0. The molecular weight excluding hydrogens is 224 g/mol. The van der Waals surface area contributed by atoms with Gasteiger partial charge in [-0.3, -0.25) is 4.90 Å². The largest absolute Gasteiger partial charge is 0.308 e. The van der Waals surface area contributed by atoms with Gasteiger partial charge in [0.05, 0.1) is 10.7 Å². The van der Waals surface area contributed by atoms with Crippen LogP contribution in [0.5, 0.6) is 0 Å². The molecule has 0 spiro atoms. The smallest absolute Gasteiger partial charge is 0.140 e. The molecule has 0 aromatic carbocycles. The fraction of sp³-hybridized carbons (Fsp3) is 0.545. The van der Waals surface area contributed by atoms with Crippen molar-refractivity contribution in [2.75, 3.05) is 18.5 Å². The Morgan fingerprint density at radius 1 is 1.44 bits per heavy atom. The van der Waals surface area contributed by atoms with E-state index in [1.165, 1.54) is 0 Å². The Morgan fingerprint density at radius 3 is 2.75 bits per heavy atom. The van der Waals surface area contributed by atoms with E-state index < -0.39 is 0 Å². The van der Waals surface area contributed by atoms with E-state index in [9.17, 15) is 0 Å². The van der Waals surface area contributed by atoms with Crippen molar-refractivity contribution in [1.29, 1.82) is 0 Å². The van der Waals surface area contributed by atoms with Crippen molar-refractivity contribution in [2.24, 2.45) is 5.84 Å². The van der Waals surface area contributed by atoms with Gasteiger partial charge in [0, 0.05) is 6.54 Å². The zero-order valence-electron chi connectivity index (χ0n) is 9.83. The third-order valence-electron chi connectivity index (χ3n) is 2.43. The van der Waals surface area contributed by atoms with E-state index >= 15 is 0 Å². The van der Waals surface area contributed by atoms with Gasteiger partial charge in [-0.25, -0.2) is 10.8 Å². The lowest BCUT2D eigenvalue weighted by Gasteiger charge is -2.19. The number of halogens is 1. The number of nitrogens with one attached hydrogen (secondary N) is 1. The maximum absolute atomic E-state index is 6.10. The second kappa shape index (κ2) is 6.68. The highest BCUT2D eigenvalue weighted by molar-refractivity contribution is 6.31. The van der Waals surface area contributed by atoms with Gasteiger partial charge in [-0.05, 0) is 31.6 Å². The van der Waals surface area contributed by atoms with Crippen LogP contribution in [-0.4, -0.2) is 23.0 Å². The van der Waals surface area contributed by atoms with Crippen LogP contribution in [0.25, 0.3) is 0 Å². The van der Waals surface area contributed by atoms with Crippen LogP contribution in [0, 0.1) is 0 Å². The topological polar surface area (TPSA) is 54.2 Å². The van der Waals surface area contributed by atoms with Crippen LogP contribution in [0.15, 0.2) is 12.1 Å². The number of hydrogen-bond donors (Lipinski definition) is 2. The lowest BCUT2D eigenvalue weighted by atomic mass is 10.3. The van der Waals surface area contributed by atoms with Crippen molar-refractivity contribution in [1.82, 2.24) is 9.88 Å². The fourth-order valence-corrected chi connectivity index (χ4v) is 1.72. The predicted octanol–water partition coefficient (Wildman–Crippen LogP) is 2.25. The van der Waals surface area contributed by atoms with E-state index in [1.807, 2.05) is 6.07 Å². The first-order valence-corrected chi connectivity index (χ1v) is 5.93. The van der Waals surface area contributed by atoms with Gasteiger partial charge < -0.3 is 5.43 Å². The Kier molecular flexibility index (Phi) is 5.52. The van der Waals surface area contributed by atoms with Crippen molar-refractivity contribution in [2.45, 2.75) is 26.8 Å². The summed E-state index contributed by atoms with van der Waals surface area (Å²) in [6.07, 6.45) is 1.13. The van der Waals surface area contributed by atoms with E-state index in [4.69, 9.17) is 17.4 Å². The van der Waals surface area contributed by atoms with E-state index in [-0.39, 0.29) is 0 Å². The molecule has 0 saturated carbocycles. The Balaban J connectivity index is 2.77. The molecule has 0 atom stereocenters. The monoisotopic (exact) mass is 242 g/mol. The molecule has 1 rings (SSSR count). The molecule has 0 aliphatic carbocycles.